The molecule has 0 rings (SSSR count). The fourth-order valence-electron chi connectivity index (χ4n) is 1.41. The van der Waals surface area contributed by atoms with Crippen LogP contribution in [0.4, 0.5) is 0 Å². The number of rotatable bonds is 10. The molecule has 0 saturated carbocycles. The van der Waals surface area contributed by atoms with Gasteiger partial charge in [-0.1, -0.05) is 6.92 Å². The molecule has 0 aromatic heterocycles. The van der Waals surface area contributed by atoms with Crippen LogP contribution in [0, 0.1) is 0 Å². The van der Waals surface area contributed by atoms with E-state index in [-0.39, 0.29) is 11.5 Å². The number of nitrogens with one attached hydrogen (secondary N) is 1. The maximum Gasteiger partial charge on any atom is 0.151 e. The lowest BCUT2D eigenvalue weighted by atomic mass is 10.0. The maximum atomic E-state index is 11.4. The Labute approximate surface area is 104 Å². The van der Waals surface area contributed by atoms with Crippen molar-refractivity contribution in [1.82, 2.24) is 5.32 Å². The second-order valence-electron chi connectivity index (χ2n) is 4.57. The predicted molar refractivity (Wildman–Crippen MR) is 68.9 cm³/mol. The van der Waals surface area contributed by atoms with Gasteiger partial charge in [0.2, 0.25) is 0 Å². The predicted octanol–water partition coefficient (Wildman–Crippen LogP) is 0.188. The lowest BCUT2D eigenvalue weighted by molar-refractivity contribution is 0.0254. The molecular weight excluding hydrogens is 242 g/mol. The number of hydrogen-bond donors (Lipinski definition) is 2. The Kier molecular flexibility index (Phi) is 7.94. The van der Waals surface area contributed by atoms with Crippen LogP contribution in [-0.4, -0.2) is 57.4 Å². The van der Waals surface area contributed by atoms with Gasteiger partial charge in [0.15, 0.2) is 9.84 Å². The molecule has 0 bridgehead atoms. The first-order chi connectivity index (χ1) is 7.83. The minimum absolute atomic E-state index is 0.126. The zero-order chi connectivity index (χ0) is 13.4. The van der Waals surface area contributed by atoms with E-state index in [1.165, 1.54) is 0 Å². The van der Waals surface area contributed by atoms with E-state index in [9.17, 15) is 13.5 Å². The Bertz CT molecular complexity index is 288. The fourth-order valence-corrected chi connectivity index (χ4v) is 2.69. The molecule has 0 aromatic rings. The average molecular weight is 267 g/mol. The summed E-state index contributed by atoms with van der Waals surface area (Å²) in [5.74, 6) is 0.357. The molecule has 5 nitrogen and oxygen atoms in total. The van der Waals surface area contributed by atoms with E-state index in [1.807, 2.05) is 6.92 Å². The molecule has 17 heavy (non-hydrogen) atoms. The standard InChI is InChI=1S/C11H25NO4S/c1-4-8-17(14,15)9-6-12-10-11(2,13)5-7-16-3/h12-13H,4-10H2,1-3H3. The second kappa shape index (κ2) is 8.02. The lowest BCUT2D eigenvalue weighted by Gasteiger charge is -2.23. The van der Waals surface area contributed by atoms with Crippen molar-refractivity contribution in [2.45, 2.75) is 32.3 Å². The van der Waals surface area contributed by atoms with Crippen molar-refractivity contribution in [3.8, 4) is 0 Å². The van der Waals surface area contributed by atoms with Gasteiger partial charge in [0, 0.05) is 39.0 Å². The van der Waals surface area contributed by atoms with Gasteiger partial charge in [-0.2, -0.15) is 0 Å². The van der Waals surface area contributed by atoms with Crippen LogP contribution < -0.4 is 5.32 Å². The van der Waals surface area contributed by atoms with Crippen molar-refractivity contribution in [2.75, 3.05) is 38.3 Å². The third-order valence-electron chi connectivity index (χ3n) is 2.46. The smallest absolute Gasteiger partial charge is 0.151 e. The summed E-state index contributed by atoms with van der Waals surface area (Å²) < 4.78 is 27.7. The van der Waals surface area contributed by atoms with Crippen molar-refractivity contribution < 1.29 is 18.3 Å². The number of hydrogen-bond acceptors (Lipinski definition) is 5. The minimum atomic E-state index is -2.94. The van der Waals surface area contributed by atoms with Gasteiger partial charge in [0.25, 0.3) is 0 Å². The molecule has 1 unspecified atom stereocenters. The van der Waals surface area contributed by atoms with Crippen LogP contribution >= 0.6 is 0 Å². The van der Waals surface area contributed by atoms with Crippen molar-refractivity contribution in [3.63, 3.8) is 0 Å². The van der Waals surface area contributed by atoms with E-state index in [0.29, 0.717) is 32.5 Å². The van der Waals surface area contributed by atoms with E-state index >= 15 is 0 Å². The quantitative estimate of drug-likeness (QED) is 0.553. The molecule has 1 atom stereocenters. The summed E-state index contributed by atoms with van der Waals surface area (Å²) in [6.07, 6.45) is 1.17. The Balaban J connectivity index is 3.77. The van der Waals surface area contributed by atoms with E-state index < -0.39 is 15.4 Å². The molecule has 2 N–H and O–H groups in total. The first-order valence-electron chi connectivity index (χ1n) is 5.95. The van der Waals surface area contributed by atoms with Gasteiger partial charge >= 0.3 is 0 Å². The molecule has 6 heteroatoms. The zero-order valence-corrected chi connectivity index (χ0v) is 11.8. The molecule has 0 amide bonds. The van der Waals surface area contributed by atoms with Crippen LogP contribution in [0.5, 0.6) is 0 Å². The summed E-state index contributed by atoms with van der Waals surface area (Å²) in [6, 6.07) is 0. The minimum Gasteiger partial charge on any atom is -0.389 e. The molecule has 0 aliphatic heterocycles. The molecule has 104 valence electrons. The van der Waals surface area contributed by atoms with Gasteiger partial charge in [-0.25, -0.2) is 8.42 Å². The molecular formula is C11H25NO4S. The summed E-state index contributed by atoms with van der Waals surface area (Å²) in [6.45, 7) is 4.80. The highest BCUT2D eigenvalue weighted by molar-refractivity contribution is 7.91. The third-order valence-corrected chi connectivity index (χ3v) is 4.31. The summed E-state index contributed by atoms with van der Waals surface area (Å²) in [7, 11) is -1.35. The number of aliphatic hydroxyl groups is 1. The summed E-state index contributed by atoms with van der Waals surface area (Å²) in [5.41, 5.74) is -0.857. The van der Waals surface area contributed by atoms with Gasteiger partial charge in [0.05, 0.1) is 11.4 Å². The van der Waals surface area contributed by atoms with Crippen LogP contribution in [0.15, 0.2) is 0 Å². The van der Waals surface area contributed by atoms with Crippen molar-refractivity contribution in [3.05, 3.63) is 0 Å². The maximum absolute atomic E-state index is 11.4. The molecule has 0 aliphatic carbocycles. The van der Waals surface area contributed by atoms with Gasteiger partial charge in [-0.3, -0.25) is 0 Å². The number of ether oxygens (including phenoxy) is 1. The van der Waals surface area contributed by atoms with Crippen LogP contribution in [0.2, 0.25) is 0 Å². The zero-order valence-electron chi connectivity index (χ0n) is 11.0. The van der Waals surface area contributed by atoms with Gasteiger partial charge in [0.1, 0.15) is 0 Å². The molecule has 0 spiro atoms. The number of sulfone groups is 1. The van der Waals surface area contributed by atoms with Gasteiger partial charge < -0.3 is 15.2 Å². The summed E-state index contributed by atoms with van der Waals surface area (Å²) in [4.78, 5) is 0. The van der Waals surface area contributed by atoms with Gasteiger partial charge in [-0.15, -0.1) is 0 Å². The topological polar surface area (TPSA) is 75.6 Å². The molecule has 0 saturated heterocycles. The van der Waals surface area contributed by atoms with Crippen LogP contribution in [0.3, 0.4) is 0 Å². The Morgan fingerprint density at radius 2 is 2.00 bits per heavy atom. The van der Waals surface area contributed by atoms with Crippen LogP contribution in [0.1, 0.15) is 26.7 Å². The van der Waals surface area contributed by atoms with Crippen LogP contribution in [-0.2, 0) is 14.6 Å². The highest BCUT2D eigenvalue weighted by Crippen LogP contribution is 2.07. The Morgan fingerprint density at radius 3 is 2.53 bits per heavy atom. The lowest BCUT2D eigenvalue weighted by Crippen LogP contribution is -2.40. The Hall–Kier alpha value is -0.170. The van der Waals surface area contributed by atoms with Crippen molar-refractivity contribution in [2.24, 2.45) is 0 Å². The summed E-state index contributed by atoms with van der Waals surface area (Å²) in [5, 5.41) is 12.9. The SMILES string of the molecule is CCCS(=O)(=O)CCNCC(C)(O)CCOC. The molecule has 0 fully saturated rings. The highest BCUT2D eigenvalue weighted by Gasteiger charge is 2.19. The highest BCUT2D eigenvalue weighted by atomic mass is 32.2. The molecule has 0 aromatic carbocycles. The van der Waals surface area contributed by atoms with E-state index in [0.717, 1.165) is 0 Å². The first kappa shape index (κ1) is 16.8. The first-order valence-corrected chi connectivity index (χ1v) is 7.77. The fraction of sp³-hybridized carbons (Fsp3) is 1.00. The Morgan fingerprint density at radius 1 is 1.35 bits per heavy atom. The van der Waals surface area contributed by atoms with E-state index in [1.54, 1.807) is 14.0 Å². The third kappa shape index (κ3) is 9.52. The van der Waals surface area contributed by atoms with Gasteiger partial charge in [-0.05, 0) is 13.3 Å². The summed E-state index contributed by atoms with van der Waals surface area (Å²) >= 11 is 0. The monoisotopic (exact) mass is 267 g/mol. The van der Waals surface area contributed by atoms with Crippen molar-refractivity contribution in [1.29, 1.82) is 0 Å². The second-order valence-corrected chi connectivity index (χ2v) is 6.87. The number of methoxy groups -OCH3 is 1. The average Bonchev–Trinajstić information content (AvgIpc) is 2.22. The van der Waals surface area contributed by atoms with E-state index in [2.05, 4.69) is 5.32 Å². The molecule has 0 aliphatic rings. The molecule has 0 radical (unpaired) electrons. The van der Waals surface area contributed by atoms with Crippen LogP contribution in [0.25, 0.3) is 0 Å². The normalized spacial score (nSPS) is 15.8. The van der Waals surface area contributed by atoms with Crippen molar-refractivity contribution >= 4 is 9.84 Å². The largest absolute Gasteiger partial charge is 0.389 e. The molecule has 0 heterocycles. The van der Waals surface area contributed by atoms with E-state index in [4.69, 9.17) is 4.74 Å².